The topological polar surface area (TPSA) is 67.9 Å². The second kappa shape index (κ2) is 9.19. The maximum atomic E-state index is 12.7. The van der Waals surface area contributed by atoms with Gasteiger partial charge in [0.2, 0.25) is 0 Å². The van der Waals surface area contributed by atoms with Gasteiger partial charge in [0.05, 0.1) is 23.7 Å². The van der Waals surface area contributed by atoms with Gasteiger partial charge in [-0.2, -0.15) is 0 Å². The lowest BCUT2D eigenvalue weighted by atomic mass is 10.2. The summed E-state index contributed by atoms with van der Waals surface area (Å²) in [5, 5.41) is 0. The quantitative estimate of drug-likeness (QED) is 0.632. The smallest absolute Gasteiger partial charge is 0.261 e. The lowest BCUT2D eigenvalue weighted by molar-refractivity contribution is 0.305. The van der Waals surface area contributed by atoms with Crippen LogP contribution in [0.3, 0.4) is 0 Å². The standard InChI is InChI=1S/C21H28N2O4S/c1-3-4-5-6-14-26-18-9-7-17(8-10-18)22-28(24,25)19-11-12-21-20(16-19)23(2)13-15-27-21/h7-12,16,22H,3-6,13-15H2,1-2H3. The molecule has 0 aromatic heterocycles. The van der Waals surface area contributed by atoms with E-state index >= 15 is 0 Å². The van der Waals surface area contributed by atoms with Gasteiger partial charge in [0.15, 0.2) is 0 Å². The van der Waals surface area contributed by atoms with Gasteiger partial charge in [-0.05, 0) is 48.9 Å². The fraction of sp³-hybridized carbons (Fsp3) is 0.429. The number of rotatable bonds is 9. The Kier molecular flexibility index (Phi) is 6.67. The Bertz CT molecular complexity index is 882. The van der Waals surface area contributed by atoms with Crippen molar-refractivity contribution in [2.75, 3.05) is 36.4 Å². The Morgan fingerprint density at radius 3 is 2.64 bits per heavy atom. The molecule has 28 heavy (non-hydrogen) atoms. The van der Waals surface area contributed by atoms with E-state index in [0.29, 0.717) is 24.7 Å². The summed E-state index contributed by atoms with van der Waals surface area (Å²) in [7, 11) is -1.76. The van der Waals surface area contributed by atoms with Crippen LogP contribution < -0.4 is 19.1 Å². The van der Waals surface area contributed by atoms with Crippen molar-refractivity contribution in [3.63, 3.8) is 0 Å². The van der Waals surface area contributed by atoms with Crippen LogP contribution in [-0.4, -0.2) is 35.2 Å². The highest BCUT2D eigenvalue weighted by atomic mass is 32.2. The van der Waals surface area contributed by atoms with Crippen molar-refractivity contribution in [2.45, 2.75) is 37.5 Å². The fourth-order valence-corrected chi connectivity index (χ4v) is 4.13. The summed E-state index contributed by atoms with van der Waals surface area (Å²) in [4.78, 5) is 2.20. The molecule has 1 aliphatic rings. The molecular formula is C21H28N2O4S. The third-order valence-electron chi connectivity index (χ3n) is 4.71. The van der Waals surface area contributed by atoms with Crippen LogP contribution in [-0.2, 0) is 10.0 Å². The van der Waals surface area contributed by atoms with E-state index in [1.165, 1.54) is 12.8 Å². The Labute approximate surface area is 167 Å². The molecule has 2 aromatic carbocycles. The van der Waals surface area contributed by atoms with Gasteiger partial charge in [-0.25, -0.2) is 8.42 Å². The summed E-state index contributed by atoms with van der Waals surface area (Å²) in [5.41, 5.74) is 1.28. The third kappa shape index (κ3) is 5.10. The van der Waals surface area contributed by atoms with Crippen LogP contribution in [0.5, 0.6) is 11.5 Å². The van der Waals surface area contributed by atoms with Gasteiger partial charge in [-0.1, -0.05) is 26.2 Å². The van der Waals surface area contributed by atoms with Crippen molar-refractivity contribution in [3.8, 4) is 11.5 Å². The normalized spacial score (nSPS) is 13.6. The molecule has 7 heteroatoms. The molecule has 0 amide bonds. The average molecular weight is 405 g/mol. The summed E-state index contributed by atoms with van der Waals surface area (Å²) >= 11 is 0. The number of sulfonamides is 1. The van der Waals surface area contributed by atoms with E-state index in [-0.39, 0.29) is 4.90 Å². The number of unbranched alkanes of at least 4 members (excludes halogenated alkanes) is 3. The number of likely N-dealkylation sites (N-methyl/N-ethyl adjacent to an activating group) is 1. The molecule has 1 aliphatic heterocycles. The summed E-state index contributed by atoms with van der Waals surface area (Å²) in [5.74, 6) is 1.44. The monoisotopic (exact) mass is 404 g/mol. The number of hydrogen-bond acceptors (Lipinski definition) is 5. The Hall–Kier alpha value is -2.41. The van der Waals surface area contributed by atoms with E-state index in [0.717, 1.165) is 30.8 Å². The van der Waals surface area contributed by atoms with Gasteiger partial charge in [-0.3, -0.25) is 4.72 Å². The van der Waals surface area contributed by atoms with Gasteiger partial charge in [0.1, 0.15) is 18.1 Å². The first-order chi connectivity index (χ1) is 13.5. The summed E-state index contributed by atoms with van der Waals surface area (Å²) in [6.45, 7) is 4.18. The number of nitrogens with one attached hydrogen (secondary N) is 1. The molecule has 1 heterocycles. The van der Waals surface area contributed by atoms with E-state index < -0.39 is 10.0 Å². The second-order valence-electron chi connectivity index (χ2n) is 6.94. The molecule has 0 atom stereocenters. The molecule has 3 rings (SSSR count). The minimum Gasteiger partial charge on any atom is -0.494 e. The lowest BCUT2D eigenvalue weighted by Gasteiger charge is -2.28. The van der Waals surface area contributed by atoms with Crippen LogP contribution in [0.2, 0.25) is 0 Å². The van der Waals surface area contributed by atoms with Crippen molar-refractivity contribution in [3.05, 3.63) is 42.5 Å². The SMILES string of the molecule is CCCCCCOc1ccc(NS(=O)(=O)c2ccc3c(c2)N(C)CCO3)cc1. The van der Waals surface area contributed by atoms with E-state index in [2.05, 4.69) is 11.6 Å². The predicted octanol–water partition coefficient (Wildman–Crippen LogP) is 4.28. The molecule has 2 aromatic rings. The van der Waals surface area contributed by atoms with Crippen LogP contribution in [0.1, 0.15) is 32.6 Å². The third-order valence-corrected chi connectivity index (χ3v) is 6.09. The molecule has 0 fully saturated rings. The Morgan fingerprint density at radius 1 is 1.11 bits per heavy atom. The minimum atomic E-state index is -3.68. The van der Waals surface area contributed by atoms with Crippen LogP contribution in [0.15, 0.2) is 47.4 Å². The van der Waals surface area contributed by atoms with E-state index in [9.17, 15) is 8.42 Å². The number of hydrogen-bond donors (Lipinski definition) is 1. The van der Waals surface area contributed by atoms with Crippen LogP contribution in [0.4, 0.5) is 11.4 Å². The van der Waals surface area contributed by atoms with Crippen molar-refractivity contribution in [2.24, 2.45) is 0 Å². The van der Waals surface area contributed by atoms with E-state index in [1.807, 2.05) is 11.9 Å². The molecule has 0 radical (unpaired) electrons. The number of ether oxygens (including phenoxy) is 2. The van der Waals surface area contributed by atoms with E-state index in [1.54, 1.807) is 42.5 Å². The Morgan fingerprint density at radius 2 is 1.89 bits per heavy atom. The molecule has 0 bridgehead atoms. The summed E-state index contributed by atoms with van der Waals surface area (Å²) in [6.07, 6.45) is 4.60. The lowest BCUT2D eigenvalue weighted by Crippen LogP contribution is -2.29. The molecule has 1 N–H and O–H groups in total. The van der Waals surface area contributed by atoms with Gasteiger partial charge < -0.3 is 14.4 Å². The zero-order valence-corrected chi connectivity index (χ0v) is 17.3. The molecule has 0 saturated heterocycles. The van der Waals surface area contributed by atoms with Crippen LogP contribution in [0, 0.1) is 0 Å². The Balaban J connectivity index is 1.63. The van der Waals surface area contributed by atoms with Gasteiger partial charge in [0, 0.05) is 12.7 Å². The highest BCUT2D eigenvalue weighted by Gasteiger charge is 2.20. The molecule has 0 aliphatic carbocycles. The highest BCUT2D eigenvalue weighted by Crippen LogP contribution is 2.33. The molecule has 0 spiro atoms. The zero-order chi connectivity index (χ0) is 20.0. The first-order valence-corrected chi connectivity index (χ1v) is 11.2. The zero-order valence-electron chi connectivity index (χ0n) is 16.5. The van der Waals surface area contributed by atoms with Gasteiger partial charge in [0.25, 0.3) is 10.0 Å². The fourth-order valence-electron chi connectivity index (χ4n) is 3.05. The number of anilines is 2. The average Bonchev–Trinajstić information content (AvgIpc) is 2.69. The second-order valence-corrected chi connectivity index (χ2v) is 8.62. The minimum absolute atomic E-state index is 0.208. The van der Waals surface area contributed by atoms with Gasteiger partial charge >= 0.3 is 0 Å². The maximum absolute atomic E-state index is 12.7. The number of fused-ring (bicyclic) bond motifs is 1. The first-order valence-electron chi connectivity index (χ1n) is 9.73. The van der Waals surface area contributed by atoms with Crippen molar-refractivity contribution >= 4 is 21.4 Å². The predicted molar refractivity (Wildman–Crippen MR) is 112 cm³/mol. The molecule has 6 nitrogen and oxygen atoms in total. The van der Waals surface area contributed by atoms with Crippen LogP contribution >= 0.6 is 0 Å². The summed E-state index contributed by atoms with van der Waals surface area (Å²) < 4.78 is 39.4. The molecular weight excluding hydrogens is 376 g/mol. The largest absolute Gasteiger partial charge is 0.494 e. The summed E-state index contributed by atoms with van der Waals surface area (Å²) in [6, 6.07) is 11.9. The van der Waals surface area contributed by atoms with Crippen molar-refractivity contribution < 1.29 is 17.9 Å². The maximum Gasteiger partial charge on any atom is 0.261 e. The van der Waals surface area contributed by atoms with Gasteiger partial charge in [-0.15, -0.1) is 0 Å². The molecule has 0 saturated carbocycles. The van der Waals surface area contributed by atoms with Crippen LogP contribution in [0.25, 0.3) is 0 Å². The molecule has 152 valence electrons. The van der Waals surface area contributed by atoms with Crippen molar-refractivity contribution in [1.82, 2.24) is 0 Å². The van der Waals surface area contributed by atoms with Crippen molar-refractivity contribution in [1.29, 1.82) is 0 Å². The molecule has 0 unspecified atom stereocenters. The highest BCUT2D eigenvalue weighted by molar-refractivity contribution is 7.92. The van der Waals surface area contributed by atoms with E-state index in [4.69, 9.17) is 9.47 Å². The first kappa shape index (κ1) is 20.3. The number of benzene rings is 2. The number of nitrogens with zero attached hydrogens (tertiary/aromatic N) is 1.